The Kier molecular flexibility index (Phi) is 6.59. The number of fused-ring (bicyclic) bond motifs is 1. The third kappa shape index (κ3) is 4.62. The minimum atomic E-state index is -0.492. The van der Waals surface area contributed by atoms with Gasteiger partial charge in [-0.2, -0.15) is 5.26 Å². The molecule has 0 aliphatic rings. The van der Waals surface area contributed by atoms with Crippen molar-refractivity contribution in [1.82, 2.24) is 14.9 Å². The minimum absolute atomic E-state index is 0.0600. The molecule has 0 saturated heterocycles. The van der Waals surface area contributed by atoms with Gasteiger partial charge in [0.15, 0.2) is 5.16 Å². The highest BCUT2D eigenvalue weighted by Gasteiger charge is 2.15. The number of benzene rings is 2. The summed E-state index contributed by atoms with van der Waals surface area (Å²) in [5.74, 6) is -0.745. The van der Waals surface area contributed by atoms with Crippen molar-refractivity contribution in [2.45, 2.75) is 5.16 Å². The van der Waals surface area contributed by atoms with Gasteiger partial charge in [0.25, 0.3) is 11.5 Å². The predicted octanol–water partition coefficient (Wildman–Crippen LogP) is 2.52. The Morgan fingerprint density at radius 2 is 2.17 bits per heavy atom. The summed E-state index contributed by atoms with van der Waals surface area (Å²) in [5.41, 5.74) is 0.571. The average molecular weight is 412 g/mol. The van der Waals surface area contributed by atoms with Gasteiger partial charge in [-0.3, -0.25) is 14.2 Å². The lowest BCUT2D eigenvalue weighted by molar-refractivity contribution is 0.0937. The van der Waals surface area contributed by atoms with Gasteiger partial charge in [-0.25, -0.2) is 9.37 Å². The summed E-state index contributed by atoms with van der Waals surface area (Å²) in [5, 5.41) is 12.2. The van der Waals surface area contributed by atoms with Crippen LogP contribution < -0.4 is 10.9 Å². The Bertz CT molecular complexity index is 1160. The van der Waals surface area contributed by atoms with E-state index in [-0.39, 0.29) is 22.2 Å². The van der Waals surface area contributed by atoms with Crippen molar-refractivity contribution in [2.24, 2.45) is 0 Å². The highest BCUT2D eigenvalue weighted by Crippen LogP contribution is 2.22. The highest BCUT2D eigenvalue weighted by molar-refractivity contribution is 7.99. The van der Waals surface area contributed by atoms with Crippen LogP contribution in [0.3, 0.4) is 0 Å². The summed E-state index contributed by atoms with van der Waals surface area (Å²) in [4.78, 5) is 29.8. The molecule has 1 heterocycles. The van der Waals surface area contributed by atoms with Gasteiger partial charge in [0.05, 0.1) is 35.0 Å². The van der Waals surface area contributed by atoms with E-state index in [9.17, 15) is 14.0 Å². The summed E-state index contributed by atoms with van der Waals surface area (Å²) >= 11 is 1.06. The molecule has 0 unspecified atom stereocenters. The fourth-order valence-corrected chi connectivity index (χ4v) is 3.39. The number of nitrogens with one attached hydrogen (secondary N) is 1. The quantitative estimate of drug-likeness (QED) is 0.364. The van der Waals surface area contributed by atoms with Crippen molar-refractivity contribution in [2.75, 3.05) is 26.0 Å². The van der Waals surface area contributed by atoms with Gasteiger partial charge < -0.3 is 10.1 Å². The van der Waals surface area contributed by atoms with Crippen molar-refractivity contribution in [3.05, 3.63) is 64.2 Å². The standard InChI is InChI=1S/C20H17FN4O3S/c1-28-9-8-23-18(26)13-5-6-16-17(11-13)24-20(29-10-7-22)25(19(16)27)15-4-2-3-14(21)12-15/h2-6,11-12H,8-10H2,1H3,(H,23,26). The van der Waals surface area contributed by atoms with Crippen LogP contribution in [0, 0.1) is 17.1 Å². The second-order valence-corrected chi connectivity index (χ2v) is 6.88. The zero-order valence-corrected chi connectivity index (χ0v) is 16.3. The van der Waals surface area contributed by atoms with E-state index >= 15 is 0 Å². The van der Waals surface area contributed by atoms with Gasteiger partial charge in [0.2, 0.25) is 0 Å². The first-order chi connectivity index (χ1) is 14.0. The van der Waals surface area contributed by atoms with Crippen LogP contribution in [0.2, 0.25) is 0 Å². The number of carbonyl (C=O) groups is 1. The minimum Gasteiger partial charge on any atom is -0.383 e. The number of methoxy groups -OCH3 is 1. The van der Waals surface area contributed by atoms with Gasteiger partial charge >= 0.3 is 0 Å². The Balaban J connectivity index is 2.11. The number of nitriles is 1. The van der Waals surface area contributed by atoms with Crippen LogP contribution in [0.15, 0.2) is 52.4 Å². The van der Waals surface area contributed by atoms with Crippen molar-refractivity contribution < 1.29 is 13.9 Å². The summed E-state index contributed by atoms with van der Waals surface area (Å²) in [6.07, 6.45) is 0. The third-order valence-corrected chi connectivity index (χ3v) is 4.83. The lowest BCUT2D eigenvalue weighted by atomic mass is 10.1. The Morgan fingerprint density at radius 1 is 1.34 bits per heavy atom. The molecule has 9 heteroatoms. The second-order valence-electron chi connectivity index (χ2n) is 5.94. The lowest BCUT2D eigenvalue weighted by Gasteiger charge is -2.13. The number of rotatable bonds is 7. The molecule has 0 radical (unpaired) electrons. The Hall–Kier alpha value is -3.22. The number of aromatic nitrogens is 2. The smallest absolute Gasteiger partial charge is 0.266 e. The molecule has 7 nitrogen and oxygen atoms in total. The van der Waals surface area contributed by atoms with E-state index in [4.69, 9.17) is 10.00 Å². The van der Waals surface area contributed by atoms with Crippen LogP contribution in [0.5, 0.6) is 0 Å². The third-order valence-electron chi connectivity index (χ3n) is 4.02. The molecule has 0 atom stereocenters. The molecular formula is C20H17FN4O3S. The van der Waals surface area contributed by atoms with Crippen molar-refractivity contribution in [3.63, 3.8) is 0 Å². The van der Waals surface area contributed by atoms with Gasteiger partial charge in [0.1, 0.15) is 5.82 Å². The number of hydrogen-bond donors (Lipinski definition) is 1. The summed E-state index contributed by atoms with van der Waals surface area (Å²) in [7, 11) is 1.54. The van der Waals surface area contributed by atoms with E-state index in [1.165, 1.54) is 48.1 Å². The number of amides is 1. The number of thioether (sulfide) groups is 1. The maximum absolute atomic E-state index is 13.7. The van der Waals surface area contributed by atoms with E-state index in [0.29, 0.717) is 29.9 Å². The van der Waals surface area contributed by atoms with E-state index in [1.54, 1.807) is 6.07 Å². The predicted molar refractivity (Wildman–Crippen MR) is 108 cm³/mol. The average Bonchev–Trinajstić information content (AvgIpc) is 2.72. The molecular weight excluding hydrogens is 395 g/mol. The van der Waals surface area contributed by atoms with E-state index in [0.717, 1.165) is 11.8 Å². The first-order valence-corrected chi connectivity index (χ1v) is 9.63. The molecule has 2 aromatic carbocycles. The number of nitrogens with zero attached hydrogens (tertiary/aromatic N) is 3. The lowest BCUT2D eigenvalue weighted by Crippen LogP contribution is -2.27. The zero-order valence-electron chi connectivity index (χ0n) is 15.5. The van der Waals surface area contributed by atoms with Crippen LogP contribution >= 0.6 is 11.8 Å². The SMILES string of the molecule is COCCNC(=O)c1ccc2c(=O)n(-c3cccc(F)c3)c(SCC#N)nc2c1. The number of halogens is 1. The van der Waals surface area contributed by atoms with E-state index in [2.05, 4.69) is 10.3 Å². The normalized spacial score (nSPS) is 10.7. The number of ether oxygens (including phenoxy) is 1. The largest absolute Gasteiger partial charge is 0.383 e. The molecule has 1 amide bonds. The highest BCUT2D eigenvalue weighted by atomic mass is 32.2. The Morgan fingerprint density at radius 3 is 2.90 bits per heavy atom. The first kappa shape index (κ1) is 20.5. The molecule has 0 aliphatic carbocycles. The molecule has 148 valence electrons. The molecule has 0 fully saturated rings. The fraction of sp³-hybridized carbons (Fsp3) is 0.200. The second kappa shape index (κ2) is 9.32. The van der Waals surface area contributed by atoms with Crippen molar-refractivity contribution >= 4 is 28.6 Å². The fourth-order valence-electron chi connectivity index (χ4n) is 2.71. The number of hydrogen-bond acceptors (Lipinski definition) is 6. The summed E-state index contributed by atoms with van der Waals surface area (Å²) in [6.45, 7) is 0.732. The molecule has 3 rings (SSSR count). The molecule has 0 bridgehead atoms. The maximum Gasteiger partial charge on any atom is 0.266 e. The Labute approximate surface area is 170 Å². The first-order valence-electron chi connectivity index (χ1n) is 8.65. The maximum atomic E-state index is 13.7. The van der Waals surface area contributed by atoms with Gasteiger partial charge in [-0.1, -0.05) is 17.8 Å². The van der Waals surface area contributed by atoms with Gasteiger partial charge in [0, 0.05) is 19.2 Å². The van der Waals surface area contributed by atoms with Crippen LogP contribution in [0.1, 0.15) is 10.4 Å². The monoisotopic (exact) mass is 412 g/mol. The molecule has 29 heavy (non-hydrogen) atoms. The van der Waals surface area contributed by atoms with Crippen LogP contribution in [-0.2, 0) is 4.74 Å². The molecule has 1 N–H and O–H groups in total. The number of carbonyl (C=O) groups excluding carboxylic acids is 1. The molecule has 0 aliphatic heterocycles. The van der Waals surface area contributed by atoms with E-state index in [1.807, 2.05) is 6.07 Å². The molecule has 3 aromatic rings. The van der Waals surface area contributed by atoms with Crippen LogP contribution in [0.25, 0.3) is 16.6 Å². The summed E-state index contributed by atoms with van der Waals surface area (Å²) in [6, 6.07) is 12.1. The molecule has 1 aromatic heterocycles. The van der Waals surface area contributed by atoms with E-state index < -0.39 is 11.4 Å². The van der Waals surface area contributed by atoms with Crippen LogP contribution in [-0.4, -0.2) is 41.5 Å². The summed E-state index contributed by atoms with van der Waals surface area (Å²) < 4.78 is 19.9. The molecule has 0 saturated carbocycles. The van der Waals surface area contributed by atoms with Gasteiger partial charge in [-0.05, 0) is 36.4 Å². The van der Waals surface area contributed by atoms with Crippen LogP contribution in [0.4, 0.5) is 4.39 Å². The zero-order chi connectivity index (χ0) is 20.8. The topological polar surface area (TPSA) is 97.0 Å². The van der Waals surface area contributed by atoms with Crippen molar-refractivity contribution in [3.8, 4) is 11.8 Å². The molecule has 0 spiro atoms. The van der Waals surface area contributed by atoms with Gasteiger partial charge in [-0.15, -0.1) is 0 Å². The van der Waals surface area contributed by atoms with Crippen molar-refractivity contribution in [1.29, 1.82) is 5.26 Å².